The maximum absolute atomic E-state index is 11.0. The lowest BCUT2D eigenvalue weighted by Crippen LogP contribution is -2.04. The molecule has 0 saturated heterocycles. The zero-order valence-electron chi connectivity index (χ0n) is 14.6. The van der Waals surface area contributed by atoms with Gasteiger partial charge in [0.05, 0.1) is 6.10 Å². The summed E-state index contributed by atoms with van der Waals surface area (Å²) in [7, 11) is 0. The van der Waals surface area contributed by atoms with Crippen LogP contribution in [-0.2, 0) is 4.79 Å². The molecule has 1 unspecified atom stereocenters. The van der Waals surface area contributed by atoms with E-state index in [1.54, 1.807) is 0 Å². The number of azide groups is 1. The molecular formula is C18H33N3O2. The van der Waals surface area contributed by atoms with Gasteiger partial charge in [0.1, 0.15) is 0 Å². The summed E-state index contributed by atoms with van der Waals surface area (Å²) in [5.74, 6) is -0.358. The third-order valence-corrected chi connectivity index (χ3v) is 3.88. The molecule has 0 heterocycles. The molecule has 0 aromatic carbocycles. The van der Waals surface area contributed by atoms with Gasteiger partial charge in [-0.3, -0.25) is 4.79 Å². The molecule has 0 spiro atoms. The fourth-order valence-corrected chi connectivity index (χ4v) is 2.46. The Bertz CT molecular complexity index is 363. The van der Waals surface area contributed by atoms with Crippen LogP contribution >= 0.6 is 0 Å². The molecule has 23 heavy (non-hydrogen) atoms. The van der Waals surface area contributed by atoms with E-state index in [2.05, 4.69) is 29.1 Å². The van der Waals surface area contributed by atoms with E-state index >= 15 is 0 Å². The minimum atomic E-state index is -0.358. The van der Waals surface area contributed by atoms with E-state index < -0.39 is 0 Å². The zero-order chi connectivity index (χ0) is 17.2. The zero-order valence-corrected chi connectivity index (χ0v) is 14.6. The molecule has 0 aromatic rings. The molecular weight excluding hydrogens is 290 g/mol. The summed E-state index contributed by atoms with van der Waals surface area (Å²) in [6.07, 6.45) is 17.3. The number of aliphatic hydroxyl groups is 1. The smallest absolute Gasteiger partial charge is 0.218 e. The Kier molecular flexibility index (Phi) is 16.1. The van der Waals surface area contributed by atoms with E-state index in [1.165, 1.54) is 19.3 Å². The van der Waals surface area contributed by atoms with E-state index in [4.69, 9.17) is 5.53 Å². The van der Waals surface area contributed by atoms with Crippen molar-refractivity contribution in [3.8, 4) is 0 Å². The van der Waals surface area contributed by atoms with Crippen molar-refractivity contribution in [3.63, 3.8) is 0 Å². The predicted octanol–water partition coefficient (Wildman–Crippen LogP) is 5.83. The Morgan fingerprint density at radius 3 is 2.52 bits per heavy atom. The normalized spacial score (nSPS) is 12.3. The summed E-state index contributed by atoms with van der Waals surface area (Å²) >= 11 is 0. The number of hydrogen-bond donors (Lipinski definition) is 1. The second kappa shape index (κ2) is 17.0. The number of rotatable bonds is 15. The Morgan fingerprint density at radius 1 is 1.09 bits per heavy atom. The van der Waals surface area contributed by atoms with E-state index in [-0.39, 0.29) is 12.0 Å². The Hall–Kier alpha value is -1.32. The molecule has 0 aliphatic carbocycles. The third-order valence-electron chi connectivity index (χ3n) is 3.88. The van der Waals surface area contributed by atoms with Crippen molar-refractivity contribution in [1.82, 2.24) is 0 Å². The summed E-state index contributed by atoms with van der Waals surface area (Å²) in [4.78, 5) is 13.4. The molecule has 1 atom stereocenters. The van der Waals surface area contributed by atoms with Crippen LogP contribution in [0.5, 0.6) is 0 Å². The molecule has 0 rings (SSSR count). The summed E-state index contributed by atoms with van der Waals surface area (Å²) < 4.78 is 0. The van der Waals surface area contributed by atoms with E-state index in [0.29, 0.717) is 6.42 Å². The first-order chi connectivity index (χ1) is 11.2. The molecule has 0 aliphatic rings. The van der Waals surface area contributed by atoms with Crippen molar-refractivity contribution in [1.29, 1.82) is 0 Å². The van der Waals surface area contributed by atoms with Gasteiger partial charge in [0.2, 0.25) is 5.91 Å². The Morgan fingerprint density at radius 2 is 1.78 bits per heavy atom. The molecule has 0 bridgehead atoms. The molecule has 0 aliphatic heterocycles. The van der Waals surface area contributed by atoms with Gasteiger partial charge in [0.15, 0.2) is 0 Å². The molecule has 1 N–H and O–H groups in total. The molecule has 5 nitrogen and oxygen atoms in total. The van der Waals surface area contributed by atoms with Gasteiger partial charge < -0.3 is 5.11 Å². The standard InChI is InChI=1S/C18H33N3O2/c1-2-3-4-11-14-17(22)15-12-9-7-5-6-8-10-13-16-18(23)20-21-19/h9,12,17,22H,2-8,10-11,13-16H2,1H3. The number of unbranched alkanes of at least 4 members (excludes halogenated alkanes) is 8. The van der Waals surface area contributed by atoms with Crippen molar-refractivity contribution in [3.05, 3.63) is 22.6 Å². The summed E-state index contributed by atoms with van der Waals surface area (Å²) in [5, 5.41) is 12.9. The summed E-state index contributed by atoms with van der Waals surface area (Å²) in [5.41, 5.74) is 8.09. The minimum Gasteiger partial charge on any atom is -0.393 e. The largest absolute Gasteiger partial charge is 0.393 e. The second-order valence-electron chi connectivity index (χ2n) is 6.10. The molecule has 1 amide bonds. The fraction of sp³-hybridized carbons (Fsp3) is 0.833. The van der Waals surface area contributed by atoms with E-state index in [1.807, 2.05) is 0 Å². The maximum atomic E-state index is 11.0. The van der Waals surface area contributed by atoms with Crippen LogP contribution in [0.2, 0.25) is 0 Å². The van der Waals surface area contributed by atoms with Crippen LogP contribution in [0.4, 0.5) is 0 Å². The van der Waals surface area contributed by atoms with Crippen LogP contribution < -0.4 is 0 Å². The Balaban J connectivity index is 3.33. The maximum Gasteiger partial charge on any atom is 0.218 e. The predicted molar refractivity (Wildman–Crippen MR) is 95.0 cm³/mol. The molecule has 0 radical (unpaired) electrons. The number of aliphatic hydroxyl groups excluding tert-OH is 1. The quantitative estimate of drug-likeness (QED) is 0.135. The van der Waals surface area contributed by atoms with Gasteiger partial charge in [-0.25, -0.2) is 0 Å². The van der Waals surface area contributed by atoms with Gasteiger partial charge in [-0.1, -0.05) is 64.0 Å². The highest BCUT2D eigenvalue weighted by Crippen LogP contribution is 2.10. The summed E-state index contributed by atoms with van der Waals surface area (Å²) in [6, 6.07) is 0. The van der Waals surface area contributed by atoms with Crippen molar-refractivity contribution in [2.75, 3.05) is 0 Å². The molecule has 5 heteroatoms. The van der Waals surface area contributed by atoms with Crippen molar-refractivity contribution < 1.29 is 9.90 Å². The lowest BCUT2D eigenvalue weighted by molar-refractivity contribution is -0.118. The highest BCUT2D eigenvalue weighted by molar-refractivity contribution is 5.76. The number of amides is 1. The molecule has 0 saturated carbocycles. The number of hydrogen-bond acceptors (Lipinski definition) is 2. The van der Waals surface area contributed by atoms with Crippen molar-refractivity contribution in [2.45, 2.75) is 96.5 Å². The lowest BCUT2D eigenvalue weighted by Gasteiger charge is -2.07. The molecule has 0 fully saturated rings. The average molecular weight is 323 g/mol. The van der Waals surface area contributed by atoms with Gasteiger partial charge in [0, 0.05) is 11.3 Å². The van der Waals surface area contributed by atoms with E-state index in [0.717, 1.165) is 57.8 Å². The number of nitrogens with zero attached hydrogens (tertiary/aromatic N) is 3. The van der Waals surface area contributed by atoms with Crippen LogP contribution in [-0.4, -0.2) is 17.1 Å². The van der Waals surface area contributed by atoms with Crippen molar-refractivity contribution >= 4 is 5.91 Å². The first-order valence-corrected chi connectivity index (χ1v) is 9.11. The van der Waals surface area contributed by atoms with Gasteiger partial charge in [-0.15, -0.1) is 0 Å². The van der Waals surface area contributed by atoms with Gasteiger partial charge in [0.25, 0.3) is 0 Å². The number of carbonyl (C=O) groups excluding carboxylic acids is 1. The first-order valence-electron chi connectivity index (χ1n) is 9.11. The SMILES string of the molecule is CCCCCCC(O)CC=CCCCCCCCC(=O)N=[N+]=[N-]. The van der Waals surface area contributed by atoms with Crippen LogP contribution in [0.1, 0.15) is 90.4 Å². The first kappa shape index (κ1) is 21.7. The minimum absolute atomic E-state index is 0.184. The van der Waals surface area contributed by atoms with Crippen LogP contribution in [0.25, 0.3) is 10.4 Å². The number of allylic oxidation sites excluding steroid dienone is 1. The van der Waals surface area contributed by atoms with E-state index in [9.17, 15) is 9.90 Å². The van der Waals surface area contributed by atoms with Crippen LogP contribution in [0.15, 0.2) is 17.3 Å². The molecule has 0 aromatic heterocycles. The van der Waals surface area contributed by atoms with Gasteiger partial charge in [-0.2, -0.15) is 0 Å². The van der Waals surface area contributed by atoms with Gasteiger partial charge in [-0.05, 0) is 42.7 Å². The highest BCUT2D eigenvalue weighted by Gasteiger charge is 2.00. The number of carbonyl (C=O) groups is 1. The van der Waals surface area contributed by atoms with Crippen LogP contribution in [0.3, 0.4) is 0 Å². The fourth-order valence-electron chi connectivity index (χ4n) is 2.46. The monoisotopic (exact) mass is 323 g/mol. The second-order valence-corrected chi connectivity index (χ2v) is 6.10. The highest BCUT2D eigenvalue weighted by atomic mass is 16.3. The topological polar surface area (TPSA) is 86.1 Å². The van der Waals surface area contributed by atoms with Crippen LogP contribution in [0, 0.1) is 0 Å². The lowest BCUT2D eigenvalue weighted by atomic mass is 10.1. The van der Waals surface area contributed by atoms with Crippen molar-refractivity contribution in [2.24, 2.45) is 5.11 Å². The Labute approximate surface area is 140 Å². The summed E-state index contributed by atoms with van der Waals surface area (Å²) in [6.45, 7) is 2.20. The third kappa shape index (κ3) is 16.9. The molecule has 132 valence electrons. The average Bonchev–Trinajstić information content (AvgIpc) is 2.53. The van der Waals surface area contributed by atoms with Gasteiger partial charge >= 0.3 is 0 Å².